The van der Waals surface area contributed by atoms with Crippen molar-refractivity contribution in [3.8, 4) is 0 Å². The molecule has 1 fully saturated rings. The first kappa shape index (κ1) is 12.7. The third-order valence-electron chi connectivity index (χ3n) is 3.67. The topological polar surface area (TPSA) is 72.9 Å². The van der Waals surface area contributed by atoms with Gasteiger partial charge in [0.05, 0.1) is 24.3 Å². The van der Waals surface area contributed by atoms with Crippen molar-refractivity contribution in [2.45, 2.75) is 13.0 Å². The predicted octanol–water partition coefficient (Wildman–Crippen LogP) is 0.883. The molecule has 0 bridgehead atoms. The Morgan fingerprint density at radius 3 is 2.95 bits per heavy atom. The molecule has 2 heterocycles. The van der Waals surface area contributed by atoms with E-state index in [1.807, 2.05) is 0 Å². The van der Waals surface area contributed by atoms with Crippen LogP contribution in [-0.2, 0) is 25.7 Å². The van der Waals surface area contributed by atoms with E-state index in [-0.39, 0.29) is 37.4 Å². The molecule has 104 valence electrons. The maximum atomic E-state index is 12.1. The lowest BCUT2D eigenvalue weighted by Crippen LogP contribution is -2.27. The summed E-state index contributed by atoms with van der Waals surface area (Å²) in [6, 6.07) is 5.14. The highest BCUT2D eigenvalue weighted by Crippen LogP contribution is 2.33. The van der Waals surface area contributed by atoms with E-state index in [1.54, 1.807) is 18.2 Å². The number of ether oxygens (including phenoxy) is 2. The van der Waals surface area contributed by atoms with E-state index in [2.05, 4.69) is 4.74 Å². The molecule has 2 aliphatic heterocycles. The average molecular weight is 275 g/mol. The van der Waals surface area contributed by atoms with E-state index in [1.165, 1.54) is 12.0 Å². The van der Waals surface area contributed by atoms with Crippen LogP contribution in [0.2, 0.25) is 0 Å². The molecular weight excluding hydrogens is 262 g/mol. The number of esters is 2. The normalized spacial score (nSPS) is 20.9. The Labute approximate surface area is 115 Å². The van der Waals surface area contributed by atoms with E-state index in [0.717, 1.165) is 0 Å². The molecule has 0 saturated carbocycles. The highest BCUT2D eigenvalue weighted by Gasteiger charge is 2.38. The average Bonchev–Trinajstić information content (AvgIpc) is 3.02. The summed E-state index contributed by atoms with van der Waals surface area (Å²) >= 11 is 0. The molecule has 0 aliphatic carbocycles. The van der Waals surface area contributed by atoms with Crippen molar-refractivity contribution in [1.82, 2.24) is 0 Å². The highest BCUT2D eigenvalue weighted by atomic mass is 16.5. The second kappa shape index (κ2) is 4.63. The Balaban J connectivity index is 1.93. The number of rotatable bonds is 2. The molecule has 1 aromatic rings. The van der Waals surface area contributed by atoms with Crippen LogP contribution >= 0.6 is 0 Å². The molecule has 6 heteroatoms. The Hall–Kier alpha value is -2.37. The van der Waals surface area contributed by atoms with Crippen molar-refractivity contribution >= 4 is 23.5 Å². The number of hydrogen-bond donors (Lipinski definition) is 0. The fourth-order valence-electron chi connectivity index (χ4n) is 2.65. The summed E-state index contributed by atoms with van der Waals surface area (Å²) in [6.45, 7) is 0.438. The second-order valence-corrected chi connectivity index (χ2v) is 4.81. The molecule has 1 atom stereocenters. The van der Waals surface area contributed by atoms with Crippen LogP contribution in [-0.4, -0.2) is 31.5 Å². The number of benzene rings is 1. The molecular formula is C14H13NO5. The number of carbonyl (C=O) groups is 3. The molecule has 1 amide bonds. The van der Waals surface area contributed by atoms with Gasteiger partial charge in [0.15, 0.2) is 0 Å². The number of nitrogens with zero attached hydrogens (tertiary/aromatic N) is 1. The monoisotopic (exact) mass is 275 g/mol. The first-order valence-corrected chi connectivity index (χ1v) is 6.29. The summed E-state index contributed by atoms with van der Waals surface area (Å²) in [5.74, 6) is -1.37. The van der Waals surface area contributed by atoms with Gasteiger partial charge in [0.2, 0.25) is 5.91 Å². The molecule has 0 aromatic heterocycles. The molecule has 20 heavy (non-hydrogen) atoms. The number of hydrogen-bond acceptors (Lipinski definition) is 5. The first-order chi connectivity index (χ1) is 9.61. The van der Waals surface area contributed by atoms with Crippen molar-refractivity contribution in [3.05, 3.63) is 29.3 Å². The standard InChI is InChI=1S/C14H13NO5/c1-19-13(17)8-5-12(16)15(6-8)11-4-2-3-9-10(11)7-20-14(9)18/h2-4,8H,5-7H2,1H3. The largest absolute Gasteiger partial charge is 0.469 e. The number of anilines is 1. The third kappa shape index (κ3) is 1.84. The van der Waals surface area contributed by atoms with E-state index >= 15 is 0 Å². The lowest BCUT2D eigenvalue weighted by atomic mass is 10.1. The Morgan fingerprint density at radius 2 is 2.20 bits per heavy atom. The van der Waals surface area contributed by atoms with Gasteiger partial charge >= 0.3 is 11.9 Å². The molecule has 1 aromatic carbocycles. The van der Waals surface area contributed by atoms with Crippen LogP contribution in [0.3, 0.4) is 0 Å². The van der Waals surface area contributed by atoms with Gasteiger partial charge < -0.3 is 14.4 Å². The molecule has 6 nitrogen and oxygen atoms in total. The maximum absolute atomic E-state index is 12.1. The summed E-state index contributed by atoms with van der Waals surface area (Å²) in [5, 5.41) is 0. The van der Waals surface area contributed by atoms with E-state index in [9.17, 15) is 14.4 Å². The van der Waals surface area contributed by atoms with Gasteiger partial charge in [0, 0.05) is 18.5 Å². The van der Waals surface area contributed by atoms with Crippen LogP contribution in [0.25, 0.3) is 0 Å². The fraction of sp³-hybridized carbons (Fsp3) is 0.357. The molecule has 1 saturated heterocycles. The summed E-state index contributed by atoms with van der Waals surface area (Å²) in [7, 11) is 1.31. The van der Waals surface area contributed by atoms with Crippen LogP contribution < -0.4 is 4.90 Å². The summed E-state index contributed by atoms with van der Waals surface area (Å²) in [6.07, 6.45) is 0.130. The molecule has 1 unspecified atom stereocenters. The van der Waals surface area contributed by atoms with Gasteiger partial charge in [0.25, 0.3) is 0 Å². The van der Waals surface area contributed by atoms with Gasteiger partial charge in [-0.25, -0.2) is 4.79 Å². The lowest BCUT2D eigenvalue weighted by molar-refractivity contribution is -0.145. The van der Waals surface area contributed by atoms with Gasteiger partial charge in [0.1, 0.15) is 6.61 Å². The molecule has 0 spiro atoms. The van der Waals surface area contributed by atoms with Gasteiger partial charge in [-0.05, 0) is 12.1 Å². The summed E-state index contributed by atoms with van der Waals surface area (Å²) < 4.78 is 9.67. The number of methoxy groups -OCH3 is 1. The summed E-state index contributed by atoms with van der Waals surface area (Å²) in [4.78, 5) is 36.7. The molecule has 3 rings (SSSR count). The maximum Gasteiger partial charge on any atom is 0.338 e. The third-order valence-corrected chi connectivity index (χ3v) is 3.67. The minimum atomic E-state index is -0.457. The van der Waals surface area contributed by atoms with E-state index in [0.29, 0.717) is 16.8 Å². The number of carbonyl (C=O) groups excluding carboxylic acids is 3. The number of fused-ring (bicyclic) bond motifs is 1. The van der Waals surface area contributed by atoms with Crippen LogP contribution in [0.4, 0.5) is 5.69 Å². The zero-order valence-electron chi connectivity index (χ0n) is 10.9. The summed E-state index contributed by atoms with van der Waals surface area (Å²) in [5.41, 5.74) is 1.83. The Kier molecular flexibility index (Phi) is 2.93. The fourth-order valence-corrected chi connectivity index (χ4v) is 2.65. The van der Waals surface area contributed by atoms with Gasteiger partial charge in [-0.3, -0.25) is 9.59 Å². The zero-order chi connectivity index (χ0) is 14.3. The van der Waals surface area contributed by atoms with Crippen LogP contribution in [0.5, 0.6) is 0 Å². The van der Waals surface area contributed by atoms with Crippen molar-refractivity contribution in [1.29, 1.82) is 0 Å². The van der Waals surface area contributed by atoms with Crippen LogP contribution in [0, 0.1) is 5.92 Å². The van der Waals surface area contributed by atoms with E-state index < -0.39 is 5.92 Å². The SMILES string of the molecule is COC(=O)C1CC(=O)N(c2cccc3c2COC3=O)C1. The second-order valence-electron chi connectivity index (χ2n) is 4.81. The lowest BCUT2D eigenvalue weighted by Gasteiger charge is -2.18. The van der Waals surface area contributed by atoms with Crippen molar-refractivity contribution < 1.29 is 23.9 Å². The number of cyclic esters (lactones) is 1. The molecule has 0 radical (unpaired) electrons. The molecule has 0 N–H and O–H groups in total. The Morgan fingerprint density at radius 1 is 1.40 bits per heavy atom. The quantitative estimate of drug-likeness (QED) is 0.749. The van der Waals surface area contributed by atoms with Gasteiger partial charge in [-0.2, -0.15) is 0 Å². The van der Waals surface area contributed by atoms with Crippen molar-refractivity contribution in [2.75, 3.05) is 18.6 Å². The first-order valence-electron chi connectivity index (χ1n) is 6.29. The van der Waals surface area contributed by atoms with E-state index in [4.69, 9.17) is 4.74 Å². The smallest absolute Gasteiger partial charge is 0.338 e. The minimum Gasteiger partial charge on any atom is -0.469 e. The van der Waals surface area contributed by atoms with Crippen LogP contribution in [0.15, 0.2) is 18.2 Å². The van der Waals surface area contributed by atoms with Crippen molar-refractivity contribution in [2.24, 2.45) is 5.92 Å². The molecule has 2 aliphatic rings. The van der Waals surface area contributed by atoms with Gasteiger partial charge in [-0.15, -0.1) is 0 Å². The van der Waals surface area contributed by atoms with Crippen molar-refractivity contribution in [3.63, 3.8) is 0 Å². The Bertz CT molecular complexity index is 610. The minimum absolute atomic E-state index is 0.130. The highest BCUT2D eigenvalue weighted by molar-refractivity contribution is 6.02. The van der Waals surface area contributed by atoms with Gasteiger partial charge in [-0.1, -0.05) is 6.07 Å². The number of amides is 1. The van der Waals surface area contributed by atoms with Crippen LogP contribution in [0.1, 0.15) is 22.3 Å². The predicted molar refractivity (Wildman–Crippen MR) is 68.0 cm³/mol. The zero-order valence-corrected chi connectivity index (χ0v) is 10.9.